The number of fused-ring (bicyclic) bond motifs is 2. The molecule has 4 aromatic rings. The number of thiazole rings is 1. The number of carbonyl (C=O) groups is 2. The van der Waals surface area contributed by atoms with E-state index in [9.17, 15) is 9.59 Å². The molecule has 1 N–H and O–H groups in total. The molecule has 0 radical (unpaired) electrons. The van der Waals surface area contributed by atoms with Crippen LogP contribution in [0.2, 0.25) is 0 Å². The molecule has 0 unspecified atom stereocenters. The van der Waals surface area contributed by atoms with Crippen LogP contribution in [-0.2, 0) is 0 Å². The number of piperidine rings is 1. The second-order valence-corrected chi connectivity index (χ2v) is 10.8. The minimum Gasteiger partial charge on any atom is -0.391 e. The normalized spacial score (nSPS) is 20.3. The van der Waals surface area contributed by atoms with E-state index in [-0.39, 0.29) is 17.8 Å². The highest BCUT2D eigenvalue weighted by Crippen LogP contribution is 2.50. The lowest BCUT2D eigenvalue weighted by Gasteiger charge is -2.27. The van der Waals surface area contributed by atoms with E-state index in [0.717, 1.165) is 38.3 Å². The van der Waals surface area contributed by atoms with E-state index in [2.05, 4.69) is 21.4 Å². The van der Waals surface area contributed by atoms with Crippen molar-refractivity contribution in [3.05, 3.63) is 76.9 Å². The Morgan fingerprint density at radius 2 is 1.94 bits per heavy atom. The van der Waals surface area contributed by atoms with Gasteiger partial charge >= 0.3 is 6.09 Å². The van der Waals surface area contributed by atoms with Gasteiger partial charge in [0.1, 0.15) is 5.69 Å². The highest BCUT2D eigenvalue weighted by atomic mass is 32.1. The fourth-order valence-electron chi connectivity index (χ4n) is 5.18. The molecule has 2 fully saturated rings. The Bertz CT molecular complexity index is 1480. The lowest BCUT2D eigenvalue weighted by Crippen LogP contribution is -2.46. The number of amides is 2. The third-order valence-corrected chi connectivity index (χ3v) is 8.03. The van der Waals surface area contributed by atoms with Gasteiger partial charge in [0, 0.05) is 24.5 Å². The highest BCUT2D eigenvalue weighted by Gasteiger charge is 2.54. The van der Waals surface area contributed by atoms with E-state index in [4.69, 9.17) is 4.74 Å². The molecule has 182 valence electrons. The van der Waals surface area contributed by atoms with Gasteiger partial charge in [-0.1, -0.05) is 48.0 Å². The Morgan fingerprint density at radius 3 is 2.81 bits per heavy atom. The number of hydrogen-bond donors (Lipinski definition) is 1. The number of pyridine rings is 1. The van der Waals surface area contributed by atoms with Crippen molar-refractivity contribution in [3.63, 3.8) is 0 Å². The maximum absolute atomic E-state index is 13.7. The minimum atomic E-state index is -0.570. The number of benzene rings is 2. The monoisotopic (exact) mass is 498 g/mol. The van der Waals surface area contributed by atoms with Crippen LogP contribution < -0.4 is 10.1 Å². The van der Waals surface area contributed by atoms with Crippen molar-refractivity contribution in [3.8, 4) is 16.3 Å². The van der Waals surface area contributed by atoms with Crippen LogP contribution in [-0.4, -0.2) is 46.0 Å². The van der Waals surface area contributed by atoms with Gasteiger partial charge in [-0.25, -0.2) is 14.8 Å². The third kappa shape index (κ3) is 4.33. The Balaban J connectivity index is 1.16. The van der Waals surface area contributed by atoms with E-state index in [1.165, 1.54) is 0 Å². The van der Waals surface area contributed by atoms with Gasteiger partial charge in [-0.3, -0.25) is 4.79 Å². The van der Waals surface area contributed by atoms with Crippen molar-refractivity contribution in [1.29, 1.82) is 0 Å². The molecule has 0 bridgehead atoms. The topological polar surface area (TPSA) is 84.4 Å². The maximum Gasteiger partial charge on any atom is 0.414 e. The van der Waals surface area contributed by atoms with Gasteiger partial charge in [0.25, 0.3) is 5.91 Å². The third-order valence-electron chi connectivity index (χ3n) is 7.01. The molecule has 36 heavy (non-hydrogen) atoms. The summed E-state index contributed by atoms with van der Waals surface area (Å²) >= 11 is 1.54. The Kier molecular flexibility index (Phi) is 5.68. The van der Waals surface area contributed by atoms with E-state index in [0.29, 0.717) is 30.6 Å². The standard InChI is InChI=1S/C28H26N4O3S/c1-16-6-5-8-19(12-16)26-25(30-17(2)36-26)27(33)32-15-20-13-21(20)23(32)14-29-28(34)35-24-11-10-18-7-3-4-9-22(18)31-24/h3-12,20-21,23H,13-15H2,1-2H3,(H,29,34)/t20-,21-,23+/m0/s1. The van der Waals surface area contributed by atoms with E-state index < -0.39 is 6.09 Å². The van der Waals surface area contributed by atoms with Gasteiger partial charge in [-0.05, 0) is 49.8 Å². The first-order valence-corrected chi connectivity index (χ1v) is 12.9. The zero-order valence-corrected chi connectivity index (χ0v) is 20.9. The van der Waals surface area contributed by atoms with Gasteiger partial charge in [-0.2, -0.15) is 0 Å². The number of para-hydroxylation sites is 1. The largest absolute Gasteiger partial charge is 0.414 e. The average molecular weight is 499 g/mol. The number of hydrogen-bond acceptors (Lipinski definition) is 6. The van der Waals surface area contributed by atoms with Crippen molar-refractivity contribution in [2.75, 3.05) is 13.1 Å². The molecule has 1 aliphatic carbocycles. The molecular weight excluding hydrogens is 472 g/mol. The summed E-state index contributed by atoms with van der Waals surface area (Å²) in [6, 6.07) is 19.3. The molecule has 3 heterocycles. The molecule has 2 amide bonds. The minimum absolute atomic E-state index is 0.0700. The quantitative estimate of drug-likeness (QED) is 0.408. The van der Waals surface area contributed by atoms with Crippen molar-refractivity contribution < 1.29 is 14.3 Å². The Labute approximate surface area is 213 Å². The average Bonchev–Trinajstić information content (AvgIpc) is 3.38. The van der Waals surface area contributed by atoms with Crippen LogP contribution in [0.5, 0.6) is 5.88 Å². The van der Waals surface area contributed by atoms with Crippen molar-refractivity contribution >= 4 is 34.2 Å². The maximum atomic E-state index is 13.7. The Hall–Kier alpha value is -3.78. The summed E-state index contributed by atoms with van der Waals surface area (Å²) in [6.45, 7) is 5.00. The second-order valence-electron chi connectivity index (χ2n) is 9.58. The fourth-order valence-corrected chi connectivity index (χ4v) is 6.09. The SMILES string of the molecule is Cc1cccc(-c2sc(C)nc2C(=O)N2C[C@@H]3C[C@@H]3[C@H]2CNC(=O)Oc2ccc3ccccc3n2)c1. The van der Waals surface area contributed by atoms with Crippen molar-refractivity contribution in [2.24, 2.45) is 11.8 Å². The molecule has 2 aliphatic rings. The van der Waals surface area contributed by atoms with Gasteiger partial charge in [0.2, 0.25) is 5.88 Å². The molecule has 1 saturated heterocycles. The number of nitrogens with one attached hydrogen (secondary N) is 1. The highest BCUT2D eigenvalue weighted by molar-refractivity contribution is 7.15. The molecule has 2 aromatic heterocycles. The number of nitrogens with zero attached hydrogens (tertiary/aromatic N) is 3. The van der Waals surface area contributed by atoms with Gasteiger partial charge in [-0.15, -0.1) is 11.3 Å². The predicted octanol–water partition coefficient (Wildman–Crippen LogP) is 5.22. The summed E-state index contributed by atoms with van der Waals surface area (Å²) in [6.07, 6.45) is 0.511. The summed E-state index contributed by atoms with van der Waals surface area (Å²) in [5.41, 5.74) is 3.41. The molecule has 6 rings (SSSR count). The number of carbonyl (C=O) groups excluding carboxylic acids is 2. The molecule has 8 heteroatoms. The summed E-state index contributed by atoms with van der Waals surface area (Å²) in [7, 11) is 0. The smallest absolute Gasteiger partial charge is 0.391 e. The molecule has 3 atom stereocenters. The lowest BCUT2D eigenvalue weighted by atomic mass is 10.1. The number of aromatic nitrogens is 2. The van der Waals surface area contributed by atoms with Gasteiger partial charge in [0.05, 0.1) is 21.4 Å². The summed E-state index contributed by atoms with van der Waals surface area (Å²) in [4.78, 5) is 38.1. The van der Waals surface area contributed by atoms with E-state index in [1.807, 2.05) is 67.3 Å². The molecule has 1 aliphatic heterocycles. The van der Waals surface area contributed by atoms with Crippen molar-refractivity contribution in [1.82, 2.24) is 20.2 Å². The summed E-state index contributed by atoms with van der Waals surface area (Å²) < 4.78 is 5.43. The summed E-state index contributed by atoms with van der Waals surface area (Å²) in [5.74, 6) is 1.06. The number of ether oxygens (including phenoxy) is 1. The van der Waals surface area contributed by atoms with Crippen LogP contribution >= 0.6 is 11.3 Å². The number of rotatable bonds is 5. The first-order valence-electron chi connectivity index (χ1n) is 12.1. The predicted molar refractivity (Wildman–Crippen MR) is 139 cm³/mol. The van der Waals surface area contributed by atoms with E-state index in [1.54, 1.807) is 17.4 Å². The first kappa shape index (κ1) is 22.7. The van der Waals surface area contributed by atoms with Crippen LogP contribution in [0.4, 0.5) is 4.79 Å². The lowest BCUT2D eigenvalue weighted by molar-refractivity contribution is 0.0700. The molecule has 1 saturated carbocycles. The fraction of sp³-hybridized carbons (Fsp3) is 0.286. The number of likely N-dealkylation sites (tertiary alicyclic amines) is 1. The number of aryl methyl sites for hydroxylation is 2. The molecule has 2 aromatic carbocycles. The van der Waals surface area contributed by atoms with Crippen LogP contribution in [0.15, 0.2) is 60.7 Å². The molecule has 7 nitrogen and oxygen atoms in total. The molecule has 0 spiro atoms. The van der Waals surface area contributed by atoms with E-state index >= 15 is 0 Å². The summed E-state index contributed by atoms with van der Waals surface area (Å²) in [5, 5.41) is 4.70. The zero-order chi connectivity index (χ0) is 24.8. The van der Waals surface area contributed by atoms with Crippen LogP contribution in [0.3, 0.4) is 0 Å². The van der Waals surface area contributed by atoms with Crippen LogP contribution in [0, 0.1) is 25.7 Å². The van der Waals surface area contributed by atoms with Gasteiger partial charge in [0.15, 0.2) is 0 Å². The Morgan fingerprint density at radius 1 is 1.08 bits per heavy atom. The molecular formula is C28H26N4O3S. The van der Waals surface area contributed by atoms with Crippen LogP contribution in [0.1, 0.15) is 27.5 Å². The van der Waals surface area contributed by atoms with Crippen molar-refractivity contribution in [2.45, 2.75) is 26.3 Å². The zero-order valence-electron chi connectivity index (χ0n) is 20.1. The van der Waals surface area contributed by atoms with Gasteiger partial charge < -0.3 is 15.0 Å². The first-order chi connectivity index (χ1) is 17.5. The second kappa shape index (κ2) is 9.02. The van der Waals surface area contributed by atoms with Crippen LogP contribution in [0.25, 0.3) is 21.3 Å².